The number of hydrogen-bond donors (Lipinski definition) is 1. The third kappa shape index (κ3) is 1.78. The van der Waals surface area contributed by atoms with Crippen LogP contribution in [0, 0.1) is 29.1 Å². The summed E-state index contributed by atoms with van der Waals surface area (Å²) in [5.74, 6) is 1.17. The number of nitrogens with zero attached hydrogens (tertiary/aromatic N) is 2. The summed E-state index contributed by atoms with van der Waals surface area (Å²) in [6.45, 7) is 0.700. The molecule has 3 nitrogen and oxygen atoms in total. The Morgan fingerprint density at radius 3 is 2.64 bits per heavy atom. The summed E-state index contributed by atoms with van der Waals surface area (Å²) in [4.78, 5) is 1.92. The molecule has 6 heteroatoms. The van der Waals surface area contributed by atoms with Crippen molar-refractivity contribution in [2.24, 2.45) is 17.8 Å². The molecule has 1 aromatic rings. The van der Waals surface area contributed by atoms with E-state index in [9.17, 15) is 18.3 Å². The van der Waals surface area contributed by atoms with Crippen molar-refractivity contribution in [1.82, 2.24) is 0 Å². The third-order valence-corrected chi connectivity index (χ3v) is 5.61. The number of aliphatic hydroxyl groups excluding tert-OH is 1. The Kier molecular flexibility index (Phi) is 2.77. The van der Waals surface area contributed by atoms with Gasteiger partial charge in [0.1, 0.15) is 0 Å². The minimum Gasteiger partial charge on any atom is -0.391 e. The Hall–Kier alpha value is -1.74. The van der Waals surface area contributed by atoms with Gasteiger partial charge in [-0.25, -0.2) is 0 Å². The van der Waals surface area contributed by atoms with Gasteiger partial charge in [-0.15, -0.1) is 0 Å². The Labute approximate surface area is 126 Å². The molecule has 22 heavy (non-hydrogen) atoms. The maximum absolute atomic E-state index is 13.1. The topological polar surface area (TPSA) is 47.3 Å². The Morgan fingerprint density at radius 1 is 1.23 bits per heavy atom. The van der Waals surface area contributed by atoms with Gasteiger partial charge in [-0.3, -0.25) is 0 Å². The molecule has 2 saturated carbocycles. The molecule has 0 aromatic heterocycles. The second kappa shape index (κ2) is 4.39. The molecule has 0 radical (unpaired) electrons. The summed E-state index contributed by atoms with van der Waals surface area (Å²) in [6.07, 6.45) is -3.04. The lowest BCUT2D eigenvalue weighted by molar-refractivity contribution is -0.137. The highest BCUT2D eigenvalue weighted by Crippen LogP contribution is 2.56. The fourth-order valence-corrected chi connectivity index (χ4v) is 4.75. The molecular formula is C16H15F3N2O. The quantitative estimate of drug-likeness (QED) is 0.868. The second-order valence-electron chi connectivity index (χ2n) is 6.63. The van der Waals surface area contributed by atoms with E-state index in [1.165, 1.54) is 6.07 Å². The van der Waals surface area contributed by atoms with Crippen LogP contribution in [0.5, 0.6) is 0 Å². The highest BCUT2D eigenvalue weighted by Gasteiger charge is 2.59. The third-order valence-electron chi connectivity index (χ3n) is 5.61. The Bertz CT molecular complexity index is 664. The molecule has 1 aromatic carbocycles. The molecule has 1 saturated heterocycles. The van der Waals surface area contributed by atoms with E-state index in [1.807, 2.05) is 4.90 Å². The first-order valence-corrected chi connectivity index (χ1v) is 7.46. The number of anilines is 1. The van der Waals surface area contributed by atoms with Gasteiger partial charge in [-0.2, -0.15) is 18.4 Å². The van der Waals surface area contributed by atoms with Crippen LogP contribution in [-0.4, -0.2) is 23.8 Å². The molecule has 4 rings (SSSR count). The predicted molar refractivity (Wildman–Crippen MR) is 73.0 cm³/mol. The average molecular weight is 308 g/mol. The average Bonchev–Trinajstić information content (AvgIpc) is 3.07. The summed E-state index contributed by atoms with van der Waals surface area (Å²) in [5.41, 5.74) is -0.788. The zero-order valence-corrected chi connectivity index (χ0v) is 11.7. The van der Waals surface area contributed by atoms with E-state index in [-0.39, 0.29) is 11.6 Å². The zero-order chi connectivity index (χ0) is 15.6. The number of benzene rings is 1. The van der Waals surface area contributed by atoms with E-state index >= 15 is 0 Å². The van der Waals surface area contributed by atoms with Gasteiger partial charge in [0.2, 0.25) is 0 Å². The lowest BCUT2D eigenvalue weighted by Gasteiger charge is -2.31. The van der Waals surface area contributed by atoms with Crippen LogP contribution >= 0.6 is 0 Å². The number of nitriles is 1. The molecular weight excluding hydrogens is 293 g/mol. The largest absolute Gasteiger partial charge is 0.417 e. The van der Waals surface area contributed by atoms with E-state index in [1.54, 1.807) is 12.1 Å². The van der Waals surface area contributed by atoms with Gasteiger partial charge in [0.05, 0.1) is 29.3 Å². The maximum Gasteiger partial charge on any atom is 0.417 e. The second-order valence-corrected chi connectivity index (χ2v) is 6.63. The molecule has 2 bridgehead atoms. The van der Waals surface area contributed by atoms with E-state index in [0.29, 0.717) is 30.0 Å². The van der Waals surface area contributed by atoms with Crippen LogP contribution in [0.25, 0.3) is 0 Å². The van der Waals surface area contributed by atoms with Gasteiger partial charge < -0.3 is 10.0 Å². The molecule has 3 aliphatic rings. The summed E-state index contributed by atoms with van der Waals surface area (Å²) < 4.78 is 39.3. The molecule has 0 spiro atoms. The number of hydrogen-bond acceptors (Lipinski definition) is 3. The normalized spacial score (nSPS) is 36.0. The van der Waals surface area contributed by atoms with Crippen molar-refractivity contribution in [2.45, 2.75) is 31.2 Å². The van der Waals surface area contributed by atoms with Crippen molar-refractivity contribution in [1.29, 1.82) is 5.26 Å². The van der Waals surface area contributed by atoms with Crippen LogP contribution in [0.4, 0.5) is 18.9 Å². The SMILES string of the molecule is N#Cc1ccc(N2C[C@@H]3C[C@H]4C[C@H]3[C@H]2[C@H]4O)cc1C(F)(F)F. The molecule has 3 fully saturated rings. The lowest BCUT2D eigenvalue weighted by Crippen LogP contribution is -2.40. The maximum atomic E-state index is 13.1. The van der Waals surface area contributed by atoms with E-state index in [4.69, 9.17) is 5.26 Å². The first-order chi connectivity index (χ1) is 10.4. The number of alkyl halides is 3. The monoisotopic (exact) mass is 308 g/mol. The van der Waals surface area contributed by atoms with Crippen molar-refractivity contribution in [3.8, 4) is 6.07 Å². The summed E-state index contributed by atoms with van der Waals surface area (Å²) in [6, 6.07) is 5.39. The molecule has 5 atom stereocenters. The fourth-order valence-electron chi connectivity index (χ4n) is 4.75. The minimum absolute atomic E-state index is 0.0715. The van der Waals surface area contributed by atoms with E-state index in [0.717, 1.165) is 18.9 Å². The van der Waals surface area contributed by atoms with Crippen molar-refractivity contribution in [2.75, 3.05) is 11.4 Å². The first-order valence-electron chi connectivity index (χ1n) is 7.46. The predicted octanol–water partition coefficient (Wildman–Crippen LogP) is 2.78. The smallest absolute Gasteiger partial charge is 0.391 e. The number of halogens is 3. The Balaban J connectivity index is 1.74. The van der Waals surface area contributed by atoms with Crippen LogP contribution in [0.2, 0.25) is 0 Å². The zero-order valence-electron chi connectivity index (χ0n) is 11.7. The molecule has 116 valence electrons. The minimum atomic E-state index is -4.55. The van der Waals surface area contributed by atoms with Gasteiger partial charge in [0.25, 0.3) is 0 Å². The lowest BCUT2D eigenvalue weighted by atomic mass is 9.88. The highest BCUT2D eigenvalue weighted by molar-refractivity contribution is 5.57. The van der Waals surface area contributed by atoms with Gasteiger partial charge >= 0.3 is 6.18 Å². The van der Waals surface area contributed by atoms with Crippen LogP contribution in [0.15, 0.2) is 18.2 Å². The molecule has 0 unspecified atom stereocenters. The van der Waals surface area contributed by atoms with Gasteiger partial charge in [-0.05, 0) is 48.8 Å². The number of aliphatic hydroxyl groups is 1. The highest BCUT2D eigenvalue weighted by atomic mass is 19.4. The molecule has 1 heterocycles. The summed E-state index contributed by atoms with van der Waals surface area (Å²) in [7, 11) is 0. The van der Waals surface area contributed by atoms with Crippen LogP contribution in [0.1, 0.15) is 24.0 Å². The summed E-state index contributed by atoms with van der Waals surface area (Å²) in [5, 5.41) is 19.2. The molecule has 1 N–H and O–H groups in total. The Morgan fingerprint density at radius 2 is 2.00 bits per heavy atom. The van der Waals surface area contributed by atoms with Gasteiger partial charge in [0.15, 0.2) is 0 Å². The molecule has 2 aliphatic carbocycles. The molecule has 0 amide bonds. The van der Waals surface area contributed by atoms with Crippen LogP contribution < -0.4 is 4.90 Å². The standard InChI is InChI=1S/C16H15F3N2O/c17-16(18,19)13-5-11(2-1-8(13)6-20)21-7-10-3-9-4-12(10)14(21)15(9)22/h1-2,5,9-10,12,14-15,22H,3-4,7H2/t9-,10-,12+,14-,15-/m0/s1. The van der Waals surface area contributed by atoms with Gasteiger partial charge in [-0.1, -0.05) is 0 Å². The molecule has 1 aliphatic heterocycles. The van der Waals surface area contributed by atoms with E-state index in [2.05, 4.69) is 0 Å². The van der Waals surface area contributed by atoms with Crippen molar-refractivity contribution >= 4 is 5.69 Å². The number of rotatable bonds is 1. The number of fused-ring (bicyclic) bond motifs is 1. The summed E-state index contributed by atoms with van der Waals surface area (Å²) >= 11 is 0. The van der Waals surface area contributed by atoms with Gasteiger partial charge in [0, 0.05) is 12.2 Å². The van der Waals surface area contributed by atoms with E-state index < -0.39 is 17.8 Å². The van der Waals surface area contributed by atoms with Crippen molar-refractivity contribution in [3.63, 3.8) is 0 Å². The first kappa shape index (κ1) is 13.9. The van der Waals surface area contributed by atoms with Crippen molar-refractivity contribution in [3.05, 3.63) is 29.3 Å². The van der Waals surface area contributed by atoms with Crippen molar-refractivity contribution < 1.29 is 18.3 Å². The van der Waals surface area contributed by atoms with Crippen LogP contribution in [-0.2, 0) is 6.18 Å². The fraction of sp³-hybridized carbons (Fsp3) is 0.562. The van der Waals surface area contributed by atoms with Crippen LogP contribution in [0.3, 0.4) is 0 Å².